The van der Waals surface area contributed by atoms with Gasteiger partial charge in [0.15, 0.2) is 11.8 Å². The third-order valence-corrected chi connectivity index (χ3v) is 6.46. The highest BCUT2D eigenvalue weighted by atomic mass is 16.8. The van der Waals surface area contributed by atoms with Crippen LogP contribution >= 0.6 is 0 Å². The van der Waals surface area contributed by atoms with Crippen molar-refractivity contribution < 1.29 is 34.2 Å². The third-order valence-electron chi connectivity index (χ3n) is 6.46. The van der Waals surface area contributed by atoms with Crippen molar-refractivity contribution in [2.75, 3.05) is 27.3 Å². The molecular formula is C28H33N3O7. The van der Waals surface area contributed by atoms with E-state index in [0.717, 1.165) is 17.7 Å². The average Bonchev–Trinajstić information content (AvgIpc) is 2.97. The number of carbonyl (C=O) groups excluding carboxylic acids is 3. The summed E-state index contributed by atoms with van der Waals surface area (Å²) in [5, 5.41) is 21.1. The monoisotopic (exact) mass is 523 g/mol. The van der Waals surface area contributed by atoms with Crippen molar-refractivity contribution in [3.05, 3.63) is 70.8 Å². The van der Waals surface area contributed by atoms with Crippen molar-refractivity contribution in [3.8, 4) is 11.8 Å². The Balaban J connectivity index is 1.71. The lowest BCUT2D eigenvalue weighted by Gasteiger charge is -2.36. The number of aliphatic hydroxyl groups excluding tert-OH is 2. The van der Waals surface area contributed by atoms with Crippen LogP contribution in [0.15, 0.2) is 48.5 Å². The number of aliphatic hydroxyl groups is 2. The summed E-state index contributed by atoms with van der Waals surface area (Å²) in [4.78, 5) is 45.5. The molecule has 1 aliphatic heterocycles. The molecule has 3 rings (SSSR count). The molecule has 3 atom stereocenters. The number of hydroxylamine groups is 1. The van der Waals surface area contributed by atoms with E-state index in [1.807, 2.05) is 0 Å². The number of ether oxygens (including phenoxy) is 1. The molecule has 0 bridgehead atoms. The molecule has 0 aromatic heterocycles. The maximum Gasteiger partial charge on any atom is 0.279 e. The summed E-state index contributed by atoms with van der Waals surface area (Å²) in [6.45, 7) is 1.50. The Morgan fingerprint density at radius 2 is 1.68 bits per heavy atom. The fourth-order valence-electron chi connectivity index (χ4n) is 3.81. The Labute approximate surface area is 221 Å². The molecule has 1 aliphatic rings. The first-order valence-electron chi connectivity index (χ1n) is 12.3. The summed E-state index contributed by atoms with van der Waals surface area (Å²) in [5.74, 6) is 3.97. The Bertz CT molecular complexity index is 1180. The van der Waals surface area contributed by atoms with Gasteiger partial charge in [0.1, 0.15) is 6.10 Å². The maximum atomic E-state index is 13.3. The van der Waals surface area contributed by atoms with Crippen LogP contribution in [0.1, 0.15) is 59.3 Å². The van der Waals surface area contributed by atoms with Gasteiger partial charge in [0.2, 0.25) is 0 Å². The summed E-state index contributed by atoms with van der Waals surface area (Å²) < 4.78 is 5.44. The molecule has 1 unspecified atom stereocenters. The zero-order valence-corrected chi connectivity index (χ0v) is 21.7. The SMILES string of the molecule is CNC(=O)[C@@](C)(C(=O)NOC1CCCCO1)N(C)C(=O)c1ccc(C#Cc2ccc([C@H](O)CO)cc2)cc1. The first kappa shape index (κ1) is 28.8. The highest BCUT2D eigenvalue weighted by molar-refractivity contribution is 6.12. The van der Waals surface area contributed by atoms with Crippen LogP contribution in [0.4, 0.5) is 0 Å². The minimum Gasteiger partial charge on any atom is -0.393 e. The molecule has 4 N–H and O–H groups in total. The molecule has 10 heteroatoms. The van der Waals surface area contributed by atoms with Crippen LogP contribution in [0.25, 0.3) is 0 Å². The smallest absolute Gasteiger partial charge is 0.279 e. The third kappa shape index (κ3) is 6.76. The zero-order chi connectivity index (χ0) is 27.7. The summed E-state index contributed by atoms with van der Waals surface area (Å²) in [6.07, 6.45) is 0.873. The van der Waals surface area contributed by atoms with Crippen molar-refractivity contribution in [3.63, 3.8) is 0 Å². The number of hydrogen-bond donors (Lipinski definition) is 4. The molecule has 1 saturated heterocycles. The molecule has 0 radical (unpaired) electrons. The highest BCUT2D eigenvalue weighted by Gasteiger charge is 2.47. The predicted octanol–water partition coefficient (Wildman–Crippen LogP) is 1.26. The van der Waals surface area contributed by atoms with Crippen LogP contribution < -0.4 is 10.8 Å². The summed E-state index contributed by atoms with van der Waals surface area (Å²) in [5.41, 5.74) is 2.61. The van der Waals surface area contributed by atoms with E-state index in [4.69, 9.17) is 14.7 Å². The van der Waals surface area contributed by atoms with Gasteiger partial charge < -0.3 is 25.2 Å². The first-order chi connectivity index (χ1) is 18.2. The normalized spacial score (nSPS) is 17.2. The van der Waals surface area contributed by atoms with E-state index in [9.17, 15) is 19.5 Å². The molecule has 2 aromatic carbocycles. The van der Waals surface area contributed by atoms with Crippen molar-refractivity contribution in [2.45, 2.75) is 44.1 Å². The fraction of sp³-hybridized carbons (Fsp3) is 0.393. The lowest BCUT2D eigenvalue weighted by Crippen LogP contribution is -2.65. The molecule has 0 aliphatic carbocycles. The van der Waals surface area contributed by atoms with E-state index in [1.165, 1.54) is 21.0 Å². The van der Waals surface area contributed by atoms with Crippen LogP contribution in [-0.2, 0) is 19.2 Å². The van der Waals surface area contributed by atoms with E-state index >= 15 is 0 Å². The lowest BCUT2D eigenvalue weighted by atomic mass is 9.96. The fourth-order valence-corrected chi connectivity index (χ4v) is 3.81. The second-order valence-electron chi connectivity index (χ2n) is 9.01. The topological polar surface area (TPSA) is 137 Å². The molecule has 0 spiro atoms. The molecule has 10 nitrogen and oxygen atoms in total. The molecular weight excluding hydrogens is 490 g/mol. The van der Waals surface area contributed by atoms with Gasteiger partial charge in [-0.25, -0.2) is 10.3 Å². The highest BCUT2D eigenvalue weighted by Crippen LogP contribution is 2.20. The first-order valence-corrected chi connectivity index (χ1v) is 12.3. The van der Waals surface area contributed by atoms with E-state index < -0.39 is 35.7 Å². The number of hydrogen-bond acceptors (Lipinski definition) is 7. The van der Waals surface area contributed by atoms with Gasteiger partial charge in [0.05, 0.1) is 6.61 Å². The summed E-state index contributed by atoms with van der Waals surface area (Å²) in [6, 6.07) is 13.3. The second-order valence-corrected chi connectivity index (χ2v) is 9.01. The Morgan fingerprint density at radius 3 is 2.21 bits per heavy atom. The summed E-state index contributed by atoms with van der Waals surface area (Å²) in [7, 11) is 2.76. The van der Waals surface area contributed by atoms with Crippen LogP contribution in [0.5, 0.6) is 0 Å². The molecule has 1 fully saturated rings. The van der Waals surface area contributed by atoms with Crippen molar-refractivity contribution in [2.24, 2.45) is 0 Å². The Hall–Kier alpha value is -3.75. The van der Waals surface area contributed by atoms with Gasteiger partial charge in [0, 0.05) is 43.8 Å². The van der Waals surface area contributed by atoms with Gasteiger partial charge in [-0.1, -0.05) is 24.0 Å². The number of amides is 3. The van der Waals surface area contributed by atoms with Crippen LogP contribution in [0.3, 0.4) is 0 Å². The van der Waals surface area contributed by atoms with E-state index in [-0.39, 0.29) is 12.2 Å². The Morgan fingerprint density at radius 1 is 1.08 bits per heavy atom. The van der Waals surface area contributed by atoms with Gasteiger partial charge in [-0.15, -0.1) is 0 Å². The van der Waals surface area contributed by atoms with Crippen LogP contribution in [0, 0.1) is 11.8 Å². The van der Waals surface area contributed by atoms with Gasteiger partial charge in [-0.2, -0.15) is 0 Å². The molecule has 38 heavy (non-hydrogen) atoms. The number of nitrogens with one attached hydrogen (secondary N) is 2. The number of likely N-dealkylation sites (N-methyl/N-ethyl adjacent to an activating group) is 2. The summed E-state index contributed by atoms with van der Waals surface area (Å²) >= 11 is 0. The predicted molar refractivity (Wildman–Crippen MR) is 138 cm³/mol. The number of nitrogens with zero attached hydrogens (tertiary/aromatic N) is 1. The van der Waals surface area contributed by atoms with Crippen LogP contribution in [-0.4, -0.2) is 72.0 Å². The maximum absolute atomic E-state index is 13.3. The molecule has 2 aromatic rings. The number of rotatable bonds is 8. The van der Waals surface area contributed by atoms with E-state index in [0.29, 0.717) is 29.7 Å². The standard InChI is InChI=1S/C28H33N3O7/c1-28(26(35)29-2,27(36)30-38-24-6-4-5-17-37-24)31(3)25(34)22-15-11-20(12-16-22)8-7-19-9-13-21(14-10-19)23(33)18-32/h9-16,23-24,32-33H,4-6,17-18H2,1-3H3,(H,29,35)(H,30,36)/t23-,24?,28+/m1/s1. The minimum absolute atomic E-state index is 0.264. The molecule has 1 heterocycles. The number of benzene rings is 2. The van der Waals surface area contributed by atoms with Gasteiger partial charge in [0.25, 0.3) is 17.7 Å². The van der Waals surface area contributed by atoms with Crippen molar-refractivity contribution >= 4 is 17.7 Å². The Kier molecular flexibility index (Phi) is 9.98. The van der Waals surface area contributed by atoms with Gasteiger partial charge in [-0.05, 0) is 61.7 Å². The molecule has 3 amide bonds. The quantitative estimate of drug-likeness (QED) is 0.232. The van der Waals surface area contributed by atoms with E-state index in [2.05, 4.69) is 22.6 Å². The van der Waals surface area contributed by atoms with Crippen molar-refractivity contribution in [1.82, 2.24) is 15.7 Å². The largest absolute Gasteiger partial charge is 0.393 e. The lowest BCUT2D eigenvalue weighted by molar-refractivity contribution is -0.204. The molecule has 202 valence electrons. The van der Waals surface area contributed by atoms with Crippen molar-refractivity contribution in [1.29, 1.82) is 0 Å². The molecule has 0 saturated carbocycles. The minimum atomic E-state index is -1.89. The number of carbonyl (C=O) groups is 3. The average molecular weight is 524 g/mol. The van der Waals surface area contributed by atoms with Gasteiger partial charge >= 0.3 is 0 Å². The van der Waals surface area contributed by atoms with Crippen LogP contribution in [0.2, 0.25) is 0 Å². The zero-order valence-electron chi connectivity index (χ0n) is 21.7. The van der Waals surface area contributed by atoms with E-state index in [1.54, 1.807) is 48.5 Å². The second kappa shape index (κ2) is 13.2. The van der Waals surface area contributed by atoms with Gasteiger partial charge in [-0.3, -0.25) is 14.4 Å².